The van der Waals surface area contributed by atoms with Crippen molar-refractivity contribution < 1.29 is 19.8 Å². The molecule has 1 saturated heterocycles. The van der Waals surface area contributed by atoms with Crippen molar-refractivity contribution in [2.75, 3.05) is 19.7 Å². The van der Waals surface area contributed by atoms with Gasteiger partial charge in [0.2, 0.25) is 5.91 Å². The summed E-state index contributed by atoms with van der Waals surface area (Å²) in [6.45, 7) is 1.28. The largest absolute Gasteiger partial charge is 0.480 e. The Bertz CT molecular complexity index is 325. The first kappa shape index (κ1) is 12.3. The Labute approximate surface area is 99.4 Å². The van der Waals surface area contributed by atoms with Gasteiger partial charge in [-0.25, -0.2) is 4.79 Å². The lowest BCUT2D eigenvalue weighted by molar-refractivity contribution is -0.143. The zero-order valence-corrected chi connectivity index (χ0v) is 9.61. The van der Waals surface area contributed by atoms with Crippen LogP contribution in [0.1, 0.15) is 19.3 Å². The number of carboxylic acids is 1. The summed E-state index contributed by atoms with van der Waals surface area (Å²) in [5.41, 5.74) is 0.0911. The van der Waals surface area contributed by atoms with Gasteiger partial charge < -0.3 is 20.8 Å². The molecule has 1 unspecified atom stereocenters. The van der Waals surface area contributed by atoms with E-state index in [1.165, 1.54) is 0 Å². The Morgan fingerprint density at radius 1 is 1.41 bits per heavy atom. The van der Waals surface area contributed by atoms with Crippen LogP contribution in [0.25, 0.3) is 0 Å². The first-order valence-electron chi connectivity index (χ1n) is 5.94. The summed E-state index contributed by atoms with van der Waals surface area (Å²) in [4.78, 5) is 22.5. The molecule has 6 heteroatoms. The van der Waals surface area contributed by atoms with E-state index in [9.17, 15) is 9.59 Å². The van der Waals surface area contributed by atoms with Crippen LogP contribution in [0.4, 0.5) is 0 Å². The molecule has 2 atom stereocenters. The van der Waals surface area contributed by atoms with Crippen LogP contribution in [-0.2, 0) is 9.59 Å². The van der Waals surface area contributed by atoms with Crippen LogP contribution in [0.15, 0.2) is 0 Å². The first-order chi connectivity index (χ1) is 8.09. The number of rotatable bonds is 4. The van der Waals surface area contributed by atoms with Crippen LogP contribution < -0.4 is 10.6 Å². The molecular formula is C11H18N2O4. The van der Waals surface area contributed by atoms with Gasteiger partial charge in [0.1, 0.15) is 6.04 Å². The Hall–Kier alpha value is -1.14. The third-order valence-electron chi connectivity index (χ3n) is 3.90. The molecule has 1 saturated carbocycles. The van der Waals surface area contributed by atoms with Crippen LogP contribution in [0.5, 0.6) is 0 Å². The molecule has 2 aliphatic rings. The summed E-state index contributed by atoms with van der Waals surface area (Å²) in [7, 11) is 0. The molecule has 96 valence electrons. The number of carboxylic acid groups (broad SMARTS) is 1. The molecule has 0 aromatic rings. The Morgan fingerprint density at radius 3 is 2.59 bits per heavy atom. The zero-order chi connectivity index (χ0) is 12.5. The quantitative estimate of drug-likeness (QED) is 0.503. The highest BCUT2D eigenvalue weighted by molar-refractivity contribution is 5.87. The molecule has 0 radical (unpaired) electrons. The maximum Gasteiger partial charge on any atom is 0.328 e. The average Bonchev–Trinajstić information content (AvgIpc) is 3.00. The zero-order valence-electron chi connectivity index (χ0n) is 9.61. The minimum absolute atomic E-state index is 0.0713. The smallest absolute Gasteiger partial charge is 0.328 e. The van der Waals surface area contributed by atoms with Crippen LogP contribution in [0.2, 0.25) is 0 Å². The minimum atomic E-state index is -1.19. The number of aliphatic carboxylic acids is 1. The lowest BCUT2D eigenvalue weighted by Crippen LogP contribution is -2.45. The second-order valence-corrected chi connectivity index (χ2v) is 4.95. The molecule has 1 spiro atoms. The predicted octanol–water partition coefficient (Wildman–Crippen LogP) is -1.06. The van der Waals surface area contributed by atoms with Gasteiger partial charge >= 0.3 is 5.97 Å². The van der Waals surface area contributed by atoms with Gasteiger partial charge in [-0.05, 0) is 37.8 Å². The van der Waals surface area contributed by atoms with Crippen molar-refractivity contribution in [2.45, 2.75) is 25.3 Å². The predicted molar refractivity (Wildman–Crippen MR) is 59.3 cm³/mol. The van der Waals surface area contributed by atoms with Gasteiger partial charge in [0, 0.05) is 5.92 Å². The van der Waals surface area contributed by atoms with Crippen molar-refractivity contribution in [3.63, 3.8) is 0 Å². The molecule has 0 aromatic carbocycles. The lowest BCUT2D eigenvalue weighted by atomic mass is 9.91. The van der Waals surface area contributed by atoms with E-state index >= 15 is 0 Å². The number of aliphatic hydroxyl groups is 1. The first-order valence-corrected chi connectivity index (χ1v) is 5.94. The van der Waals surface area contributed by atoms with Gasteiger partial charge in [-0.3, -0.25) is 4.79 Å². The summed E-state index contributed by atoms with van der Waals surface area (Å²) < 4.78 is 0. The highest BCUT2D eigenvalue weighted by Crippen LogP contribution is 2.58. The number of aliphatic hydroxyl groups excluding tert-OH is 1. The van der Waals surface area contributed by atoms with E-state index in [1.807, 2.05) is 0 Å². The van der Waals surface area contributed by atoms with Crippen molar-refractivity contribution >= 4 is 11.9 Å². The van der Waals surface area contributed by atoms with Crippen molar-refractivity contribution in [1.29, 1.82) is 0 Å². The maximum atomic E-state index is 11.8. The summed E-state index contributed by atoms with van der Waals surface area (Å²) >= 11 is 0. The number of hydrogen-bond donors (Lipinski definition) is 4. The second kappa shape index (κ2) is 4.62. The van der Waals surface area contributed by atoms with E-state index in [2.05, 4.69) is 10.6 Å². The summed E-state index contributed by atoms with van der Waals surface area (Å²) in [6.07, 6.45) is 2.79. The number of hydrogen-bond acceptors (Lipinski definition) is 4. The number of nitrogens with one attached hydrogen (secondary N) is 2. The van der Waals surface area contributed by atoms with E-state index in [-0.39, 0.29) is 17.2 Å². The van der Waals surface area contributed by atoms with Crippen LogP contribution in [0.3, 0.4) is 0 Å². The van der Waals surface area contributed by atoms with Crippen molar-refractivity contribution in [3.05, 3.63) is 0 Å². The van der Waals surface area contributed by atoms with Gasteiger partial charge in [0.15, 0.2) is 0 Å². The number of carbonyl (C=O) groups excluding carboxylic acids is 1. The van der Waals surface area contributed by atoms with E-state index in [1.54, 1.807) is 0 Å². The Morgan fingerprint density at radius 2 is 2.06 bits per heavy atom. The molecular weight excluding hydrogens is 224 g/mol. The highest BCUT2D eigenvalue weighted by atomic mass is 16.4. The molecule has 2 rings (SSSR count). The molecule has 17 heavy (non-hydrogen) atoms. The van der Waals surface area contributed by atoms with Crippen LogP contribution in [-0.4, -0.2) is 47.8 Å². The van der Waals surface area contributed by atoms with Crippen LogP contribution >= 0.6 is 0 Å². The highest BCUT2D eigenvalue weighted by Gasteiger charge is 2.57. The fourth-order valence-electron chi connectivity index (χ4n) is 2.65. The molecule has 0 aromatic heterocycles. The van der Waals surface area contributed by atoms with Gasteiger partial charge in [0.05, 0.1) is 6.61 Å². The minimum Gasteiger partial charge on any atom is -0.480 e. The summed E-state index contributed by atoms with van der Waals surface area (Å²) in [5, 5.41) is 23.2. The lowest BCUT2D eigenvalue weighted by Gasteiger charge is -2.23. The summed E-state index contributed by atoms with van der Waals surface area (Å²) in [6, 6.07) is -1.18. The maximum absolute atomic E-state index is 11.8. The molecule has 1 heterocycles. The molecule has 1 amide bonds. The molecule has 0 bridgehead atoms. The topological polar surface area (TPSA) is 98.7 Å². The SMILES string of the molecule is O=C(N[C@@H](CO)C(=O)O)C1CC12CCNCC2. The Kier molecular flexibility index (Phi) is 3.35. The Balaban J connectivity index is 1.88. The number of piperidine rings is 1. The molecule has 6 nitrogen and oxygen atoms in total. The van der Waals surface area contributed by atoms with Crippen molar-refractivity contribution in [1.82, 2.24) is 10.6 Å². The van der Waals surface area contributed by atoms with E-state index < -0.39 is 18.6 Å². The summed E-state index contributed by atoms with van der Waals surface area (Å²) in [5.74, 6) is -1.49. The number of amides is 1. The molecule has 1 aliphatic carbocycles. The monoisotopic (exact) mass is 242 g/mol. The normalized spacial score (nSPS) is 27.5. The van der Waals surface area contributed by atoms with Crippen LogP contribution in [0, 0.1) is 11.3 Å². The van der Waals surface area contributed by atoms with Crippen molar-refractivity contribution in [2.24, 2.45) is 11.3 Å². The van der Waals surface area contributed by atoms with Gasteiger partial charge in [0.25, 0.3) is 0 Å². The molecule has 2 fully saturated rings. The third-order valence-corrected chi connectivity index (χ3v) is 3.90. The van der Waals surface area contributed by atoms with E-state index in [4.69, 9.17) is 10.2 Å². The van der Waals surface area contributed by atoms with Gasteiger partial charge in [-0.15, -0.1) is 0 Å². The fourth-order valence-corrected chi connectivity index (χ4v) is 2.65. The number of carbonyl (C=O) groups is 2. The fraction of sp³-hybridized carbons (Fsp3) is 0.818. The third kappa shape index (κ3) is 2.42. The molecule has 1 aliphatic heterocycles. The van der Waals surface area contributed by atoms with E-state index in [0.29, 0.717) is 0 Å². The van der Waals surface area contributed by atoms with Crippen molar-refractivity contribution in [3.8, 4) is 0 Å². The van der Waals surface area contributed by atoms with Gasteiger partial charge in [-0.1, -0.05) is 0 Å². The van der Waals surface area contributed by atoms with E-state index in [0.717, 1.165) is 32.4 Å². The molecule has 4 N–H and O–H groups in total. The van der Waals surface area contributed by atoms with Gasteiger partial charge in [-0.2, -0.15) is 0 Å². The average molecular weight is 242 g/mol. The standard InChI is InChI=1S/C11H18N2O4/c14-6-8(10(16)17)13-9(15)7-5-11(7)1-3-12-4-2-11/h7-8,12,14H,1-6H2,(H,13,15)(H,16,17)/t7?,8-/m0/s1. The second-order valence-electron chi connectivity index (χ2n) is 4.95.